The summed E-state index contributed by atoms with van der Waals surface area (Å²) < 4.78 is 31.7. The van der Waals surface area contributed by atoms with E-state index in [1.165, 1.54) is 16.4 Å². The van der Waals surface area contributed by atoms with Crippen LogP contribution in [0.4, 0.5) is 0 Å². The molecule has 0 aliphatic rings. The molecule has 1 atom stereocenters. The molecule has 0 radical (unpaired) electrons. The molecule has 1 aromatic rings. The average molecular weight is 302 g/mol. The number of ether oxygens (including phenoxy) is 1. The maximum atomic E-state index is 12.5. The topological polar surface area (TPSA) is 70.4 Å². The number of hydrogen-bond donors (Lipinski definition) is 0. The molecule has 106 valence electrons. The van der Waals surface area contributed by atoms with Crippen LogP contribution in [0.1, 0.15) is 25.1 Å². The Balaban J connectivity index is 3.08. The highest BCUT2D eigenvalue weighted by atomic mass is 32.2. The van der Waals surface area contributed by atoms with Crippen LogP contribution >= 0.6 is 11.3 Å². The van der Waals surface area contributed by atoms with Crippen molar-refractivity contribution >= 4 is 21.4 Å². The van der Waals surface area contributed by atoms with Gasteiger partial charge in [0.1, 0.15) is 15.2 Å². The van der Waals surface area contributed by atoms with Crippen LogP contribution in [0.5, 0.6) is 0 Å². The van der Waals surface area contributed by atoms with E-state index in [-0.39, 0.29) is 10.3 Å². The monoisotopic (exact) mass is 302 g/mol. The third-order valence-electron chi connectivity index (χ3n) is 2.85. The van der Waals surface area contributed by atoms with Gasteiger partial charge in [-0.25, -0.2) is 8.42 Å². The Morgan fingerprint density at radius 3 is 2.68 bits per heavy atom. The van der Waals surface area contributed by atoms with Gasteiger partial charge in [0.15, 0.2) is 0 Å². The lowest BCUT2D eigenvalue weighted by Gasteiger charge is -2.26. The number of nitrogens with zero attached hydrogens (tertiary/aromatic N) is 2. The van der Waals surface area contributed by atoms with E-state index >= 15 is 0 Å². The summed E-state index contributed by atoms with van der Waals surface area (Å²) in [6.45, 7) is 4.47. The van der Waals surface area contributed by atoms with Crippen molar-refractivity contribution in [2.75, 3.05) is 20.3 Å². The minimum Gasteiger partial charge on any atom is -0.383 e. The van der Waals surface area contributed by atoms with Gasteiger partial charge in [-0.3, -0.25) is 0 Å². The normalized spacial score (nSPS) is 13.4. The highest BCUT2D eigenvalue weighted by Crippen LogP contribution is 2.26. The second-order valence-electron chi connectivity index (χ2n) is 4.10. The Labute approximate surface area is 118 Å². The molecular formula is C12H18N2O3S2. The lowest BCUT2D eigenvalue weighted by Crippen LogP contribution is -2.40. The predicted octanol–water partition coefficient (Wildman–Crippen LogP) is 2.06. The molecule has 7 heteroatoms. The molecule has 0 bridgehead atoms. The zero-order chi connectivity index (χ0) is 14.5. The molecule has 0 amide bonds. The van der Waals surface area contributed by atoms with Gasteiger partial charge in [0.2, 0.25) is 0 Å². The molecule has 1 unspecified atom stereocenters. The van der Waals surface area contributed by atoms with E-state index in [4.69, 9.17) is 10.00 Å². The minimum atomic E-state index is -3.55. The lowest BCUT2D eigenvalue weighted by atomic mass is 10.3. The number of methoxy groups -OCH3 is 1. The van der Waals surface area contributed by atoms with Crippen LogP contribution in [0.25, 0.3) is 0 Å². The van der Waals surface area contributed by atoms with Crippen molar-refractivity contribution in [3.8, 4) is 6.07 Å². The third kappa shape index (κ3) is 3.76. The van der Waals surface area contributed by atoms with Crippen molar-refractivity contribution in [1.29, 1.82) is 5.26 Å². The summed E-state index contributed by atoms with van der Waals surface area (Å²) in [5, 5.41) is 8.78. The maximum absolute atomic E-state index is 12.5. The van der Waals surface area contributed by atoms with Crippen molar-refractivity contribution in [3.05, 3.63) is 17.0 Å². The third-order valence-corrected chi connectivity index (χ3v) is 6.32. The van der Waals surface area contributed by atoms with Crippen LogP contribution in [0.2, 0.25) is 0 Å². The fourth-order valence-corrected chi connectivity index (χ4v) is 4.52. The first-order chi connectivity index (χ1) is 8.97. The molecule has 0 aromatic carbocycles. The fraction of sp³-hybridized carbons (Fsp3) is 0.583. The molecular weight excluding hydrogens is 284 g/mol. The van der Waals surface area contributed by atoms with Crippen LogP contribution in [0.15, 0.2) is 16.3 Å². The summed E-state index contributed by atoms with van der Waals surface area (Å²) in [5.74, 6) is 0. The van der Waals surface area contributed by atoms with Gasteiger partial charge in [0.05, 0.1) is 6.61 Å². The van der Waals surface area contributed by atoms with Crippen molar-refractivity contribution in [3.63, 3.8) is 0 Å². The van der Waals surface area contributed by atoms with Crippen LogP contribution < -0.4 is 0 Å². The predicted molar refractivity (Wildman–Crippen MR) is 74.6 cm³/mol. The molecule has 0 aliphatic carbocycles. The quantitative estimate of drug-likeness (QED) is 0.773. The van der Waals surface area contributed by atoms with E-state index in [1.54, 1.807) is 7.11 Å². The molecule has 0 saturated heterocycles. The van der Waals surface area contributed by atoms with Gasteiger partial charge in [0.25, 0.3) is 10.0 Å². The van der Waals surface area contributed by atoms with E-state index in [2.05, 4.69) is 0 Å². The summed E-state index contributed by atoms with van der Waals surface area (Å²) in [6, 6.07) is 4.87. The summed E-state index contributed by atoms with van der Waals surface area (Å²) in [7, 11) is -2.01. The van der Waals surface area contributed by atoms with E-state index < -0.39 is 10.0 Å². The largest absolute Gasteiger partial charge is 0.383 e. The zero-order valence-corrected chi connectivity index (χ0v) is 12.9. The molecule has 5 nitrogen and oxygen atoms in total. The first kappa shape index (κ1) is 16.1. The Bertz CT molecular complexity index is 546. The lowest BCUT2D eigenvalue weighted by molar-refractivity contribution is 0.167. The van der Waals surface area contributed by atoms with Gasteiger partial charge in [-0.05, 0) is 25.5 Å². The molecule has 0 saturated carbocycles. The second kappa shape index (κ2) is 7.01. The number of hydrogen-bond acceptors (Lipinski definition) is 5. The number of rotatable bonds is 7. The van der Waals surface area contributed by atoms with Gasteiger partial charge in [0, 0.05) is 19.7 Å². The van der Waals surface area contributed by atoms with Crippen LogP contribution in [-0.4, -0.2) is 39.0 Å². The smallest absolute Gasteiger partial charge is 0.252 e. The van der Waals surface area contributed by atoms with Crippen LogP contribution in [0, 0.1) is 11.3 Å². The van der Waals surface area contributed by atoms with E-state index in [0.29, 0.717) is 18.0 Å². The molecule has 1 heterocycles. The van der Waals surface area contributed by atoms with Crippen molar-refractivity contribution in [2.24, 2.45) is 0 Å². The van der Waals surface area contributed by atoms with Gasteiger partial charge in [-0.15, -0.1) is 11.3 Å². The van der Waals surface area contributed by atoms with E-state index in [9.17, 15) is 8.42 Å². The first-order valence-electron chi connectivity index (χ1n) is 5.98. The standard InChI is InChI=1S/C12H18N2O3S2/c1-4-10(2)14(7-8-17-3)19(15,16)12-6-5-11(9-13)18-12/h5-6,10H,4,7-8H2,1-3H3. The van der Waals surface area contributed by atoms with Crippen molar-refractivity contribution in [1.82, 2.24) is 4.31 Å². The summed E-state index contributed by atoms with van der Waals surface area (Å²) >= 11 is 0.998. The summed E-state index contributed by atoms with van der Waals surface area (Å²) in [5.41, 5.74) is 0. The summed E-state index contributed by atoms with van der Waals surface area (Å²) in [4.78, 5) is 0.398. The van der Waals surface area contributed by atoms with Crippen molar-refractivity contribution in [2.45, 2.75) is 30.5 Å². The van der Waals surface area contributed by atoms with Gasteiger partial charge in [-0.2, -0.15) is 9.57 Å². The fourth-order valence-electron chi connectivity index (χ4n) is 1.60. The Kier molecular flexibility index (Phi) is 5.94. The maximum Gasteiger partial charge on any atom is 0.252 e. The Morgan fingerprint density at radius 1 is 1.53 bits per heavy atom. The van der Waals surface area contributed by atoms with Crippen molar-refractivity contribution < 1.29 is 13.2 Å². The van der Waals surface area contributed by atoms with E-state index in [1.807, 2.05) is 19.9 Å². The number of thiophene rings is 1. The first-order valence-corrected chi connectivity index (χ1v) is 8.23. The number of sulfonamides is 1. The second-order valence-corrected chi connectivity index (χ2v) is 7.30. The molecule has 1 aromatic heterocycles. The molecule has 0 N–H and O–H groups in total. The minimum absolute atomic E-state index is 0.104. The highest BCUT2D eigenvalue weighted by Gasteiger charge is 2.29. The SMILES string of the molecule is CCC(C)N(CCOC)S(=O)(=O)c1ccc(C#N)s1. The Morgan fingerprint density at radius 2 is 2.21 bits per heavy atom. The molecule has 0 aliphatic heterocycles. The molecule has 19 heavy (non-hydrogen) atoms. The zero-order valence-electron chi connectivity index (χ0n) is 11.3. The van der Waals surface area contributed by atoms with Gasteiger partial charge in [-0.1, -0.05) is 6.92 Å². The van der Waals surface area contributed by atoms with Gasteiger partial charge >= 0.3 is 0 Å². The number of nitriles is 1. The van der Waals surface area contributed by atoms with Crippen LogP contribution in [-0.2, 0) is 14.8 Å². The average Bonchev–Trinajstić information content (AvgIpc) is 2.88. The highest BCUT2D eigenvalue weighted by molar-refractivity contribution is 7.91. The van der Waals surface area contributed by atoms with E-state index in [0.717, 1.165) is 17.8 Å². The van der Waals surface area contributed by atoms with Gasteiger partial charge < -0.3 is 4.74 Å². The Hall–Kier alpha value is -0.940. The molecule has 0 spiro atoms. The summed E-state index contributed by atoms with van der Waals surface area (Å²) in [6.07, 6.45) is 0.722. The molecule has 1 rings (SSSR count). The molecule has 0 fully saturated rings. The van der Waals surface area contributed by atoms with Crippen LogP contribution in [0.3, 0.4) is 0 Å².